The summed E-state index contributed by atoms with van der Waals surface area (Å²) < 4.78 is 15.5. The third kappa shape index (κ3) is 8.03. The molecule has 0 heterocycles. The third-order valence-electron chi connectivity index (χ3n) is 2.13. The summed E-state index contributed by atoms with van der Waals surface area (Å²) in [5, 5.41) is 0. The van der Waals surface area contributed by atoms with E-state index < -0.39 is 0 Å². The van der Waals surface area contributed by atoms with Crippen molar-refractivity contribution in [3.8, 4) is 0 Å². The van der Waals surface area contributed by atoms with Crippen LogP contribution in [0.5, 0.6) is 0 Å². The van der Waals surface area contributed by atoms with Crippen molar-refractivity contribution in [1.82, 2.24) is 0 Å². The zero-order valence-electron chi connectivity index (χ0n) is 11.8. The van der Waals surface area contributed by atoms with Crippen molar-refractivity contribution in [3.05, 3.63) is 23.3 Å². The Morgan fingerprint density at radius 2 is 1.67 bits per heavy atom. The lowest BCUT2D eigenvalue weighted by molar-refractivity contribution is -0.140. The normalized spacial score (nSPS) is 10.7. The van der Waals surface area contributed by atoms with E-state index in [0.29, 0.717) is 32.0 Å². The molecular formula is C14H24O4. The molecule has 4 nitrogen and oxygen atoms in total. The zero-order chi connectivity index (χ0) is 13.8. The first-order valence-corrected chi connectivity index (χ1v) is 6.26. The van der Waals surface area contributed by atoms with Crippen LogP contribution in [0.4, 0.5) is 0 Å². The van der Waals surface area contributed by atoms with Crippen LogP contribution in [0.1, 0.15) is 27.7 Å². The molecule has 0 rings (SSSR count). The van der Waals surface area contributed by atoms with Gasteiger partial charge in [-0.1, -0.05) is 17.7 Å². The molecule has 0 atom stereocenters. The fraction of sp³-hybridized carbons (Fsp3) is 0.643. The van der Waals surface area contributed by atoms with Gasteiger partial charge < -0.3 is 14.2 Å². The molecule has 4 heteroatoms. The molecule has 0 amide bonds. The summed E-state index contributed by atoms with van der Waals surface area (Å²) in [6.07, 6.45) is 3.58. The molecule has 0 saturated heterocycles. The van der Waals surface area contributed by atoms with Crippen LogP contribution in [0.2, 0.25) is 0 Å². The van der Waals surface area contributed by atoms with Gasteiger partial charge in [0.25, 0.3) is 0 Å². The summed E-state index contributed by atoms with van der Waals surface area (Å²) in [5.74, 6) is -0.304. The Balaban J connectivity index is 3.80. The van der Waals surface area contributed by atoms with Crippen LogP contribution in [0.15, 0.2) is 23.3 Å². The van der Waals surface area contributed by atoms with Gasteiger partial charge in [-0.3, -0.25) is 0 Å². The summed E-state index contributed by atoms with van der Waals surface area (Å²) >= 11 is 0. The van der Waals surface area contributed by atoms with Crippen LogP contribution in [0, 0.1) is 0 Å². The monoisotopic (exact) mass is 256 g/mol. The fourth-order valence-corrected chi connectivity index (χ4v) is 1.24. The highest BCUT2D eigenvalue weighted by molar-refractivity contribution is 5.92. The van der Waals surface area contributed by atoms with E-state index >= 15 is 0 Å². The number of allylic oxidation sites excluding steroid dienone is 2. The predicted octanol–water partition coefficient (Wildman–Crippen LogP) is 2.50. The number of carbonyl (C=O) groups is 1. The number of carbonyl (C=O) groups excluding carboxylic acids is 1. The molecule has 0 fully saturated rings. The molecule has 104 valence electrons. The summed E-state index contributed by atoms with van der Waals surface area (Å²) in [7, 11) is 0. The predicted molar refractivity (Wildman–Crippen MR) is 71.5 cm³/mol. The minimum atomic E-state index is -0.304. The van der Waals surface area contributed by atoms with Crippen LogP contribution in [0.3, 0.4) is 0 Å². The second-order valence-electron chi connectivity index (χ2n) is 3.86. The lowest BCUT2D eigenvalue weighted by atomic mass is 10.1. The fourth-order valence-electron chi connectivity index (χ4n) is 1.24. The molecule has 0 aromatic carbocycles. The number of hydrogen-bond acceptors (Lipinski definition) is 4. The second kappa shape index (κ2) is 11.0. The summed E-state index contributed by atoms with van der Waals surface area (Å²) in [5.41, 5.74) is 1.54. The first kappa shape index (κ1) is 16.9. The van der Waals surface area contributed by atoms with Gasteiger partial charge in [-0.05, 0) is 27.7 Å². The molecule has 0 aromatic rings. The maximum atomic E-state index is 11.7. The first-order valence-electron chi connectivity index (χ1n) is 6.26. The molecule has 0 aliphatic carbocycles. The molecule has 0 spiro atoms. The summed E-state index contributed by atoms with van der Waals surface area (Å²) in [4.78, 5) is 11.7. The van der Waals surface area contributed by atoms with Gasteiger partial charge in [-0.15, -0.1) is 0 Å². The number of rotatable bonds is 9. The van der Waals surface area contributed by atoms with Crippen molar-refractivity contribution in [2.45, 2.75) is 27.7 Å². The van der Waals surface area contributed by atoms with Crippen molar-refractivity contribution in [2.75, 3.05) is 33.0 Å². The first-order chi connectivity index (χ1) is 8.63. The Bertz CT molecular complexity index is 288. The SMILES string of the molecule is CC=CC(C(=O)OCCOCCOCC)=C(C)C. The lowest BCUT2D eigenvalue weighted by Gasteiger charge is -2.07. The van der Waals surface area contributed by atoms with E-state index in [9.17, 15) is 4.79 Å². The molecule has 0 bridgehead atoms. The maximum Gasteiger partial charge on any atom is 0.338 e. The van der Waals surface area contributed by atoms with Gasteiger partial charge in [-0.25, -0.2) is 4.79 Å². The largest absolute Gasteiger partial charge is 0.460 e. The van der Waals surface area contributed by atoms with Gasteiger partial charge >= 0.3 is 5.97 Å². The molecule has 18 heavy (non-hydrogen) atoms. The summed E-state index contributed by atoms with van der Waals surface area (Å²) in [6, 6.07) is 0. The quantitative estimate of drug-likeness (QED) is 0.275. The van der Waals surface area contributed by atoms with Crippen molar-refractivity contribution >= 4 is 5.97 Å². The minimum Gasteiger partial charge on any atom is -0.460 e. The second-order valence-corrected chi connectivity index (χ2v) is 3.86. The van der Waals surface area contributed by atoms with Gasteiger partial charge in [0.05, 0.1) is 25.4 Å². The van der Waals surface area contributed by atoms with E-state index in [4.69, 9.17) is 14.2 Å². The van der Waals surface area contributed by atoms with Crippen molar-refractivity contribution in [2.24, 2.45) is 0 Å². The van der Waals surface area contributed by atoms with Crippen LogP contribution >= 0.6 is 0 Å². The lowest BCUT2D eigenvalue weighted by Crippen LogP contribution is -2.14. The Morgan fingerprint density at radius 1 is 1.06 bits per heavy atom. The van der Waals surface area contributed by atoms with Crippen LogP contribution in [-0.2, 0) is 19.0 Å². The van der Waals surface area contributed by atoms with Crippen LogP contribution < -0.4 is 0 Å². The number of ether oxygens (including phenoxy) is 3. The maximum absolute atomic E-state index is 11.7. The van der Waals surface area contributed by atoms with Gasteiger partial charge in [-0.2, -0.15) is 0 Å². The highest BCUT2D eigenvalue weighted by Gasteiger charge is 2.08. The molecular weight excluding hydrogens is 232 g/mol. The van der Waals surface area contributed by atoms with E-state index in [1.54, 1.807) is 6.08 Å². The van der Waals surface area contributed by atoms with Crippen molar-refractivity contribution in [1.29, 1.82) is 0 Å². The van der Waals surface area contributed by atoms with Crippen molar-refractivity contribution in [3.63, 3.8) is 0 Å². The van der Waals surface area contributed by atoms with E-state index in [0.717, 1.165) is 5.57 Å². The van der Waals surface area contributed by atoms with E-state index in [1.165, 1.54) is 0 Å². The van der Waals surface area contributed by atoms with Crippen LogP contribution in [0.25, 0.3) is 0 Å². The molecule has 0 aliphatic rings. The van der Waals surface area contributed by atoms with E-state index in [-0.39, 0.29) is 12.6 Å². The highest BCUT2D eigenvalue weighted by Crippen LogP contribution is 2.07. The molecule has 0 N–H and O–H groups in total. The zero-order valence-corrected chi connectivity index (χ0v) is 11.8. The third-order valence-corrected chi connectivity index (χ3v) is 2.13. The molecule has 0 saturated carbocycles. The van der Waals surface area contributed by atoms with Crippen LogP contribution in [-0.4, -0.2) is 39.0 Å². The smallest absolute Gasteiger partial charge is 0.338 e. The van der Waals surface area contributed by atoms with E-state index in [2.05, 4.69) is 0 Å². The van der Waals surface area contributed by atoms with Crippen molar-refractivity contribution < 1.29 is 19.0 Å². The van der Waals surface area contributed by atoms with Gasteiger partial charge in [0, 0.05) is 6.61 Å². The topological polar surface area (TPSA) is 44.8 Å². The minimum absolute atomic E-state index is 0.263. The van der Waals surface area contributed by atoms with Gasteiger partial charge in [0.15, 0.2) is 0 Å². The Hall–Kier alpha value is -1.13. The molecule has 0 aromatic heterocycles. The van der Waals surface area contributed by atoms with Gasteiger partial charge in [0.2, 0.25) is 0 Å². The number of hydrogen-bond donors (Lipinski definition) is 0. The Kier molecular flexibility index (Phi) is 10.3. The van der Waals surface area contributed by atoms with Gasteiger partial charge in [0.1, 0.15) is 6.61 Å². The Labute approximate surface area is 110 Å². The highest BCUT2D eigenvalue weighted by atomic mass is 16.6. The standard InChI is InChI=1S/C14H24O4/c1-5-7-13(12(3)4)14(15)18-11-10-17-9-8-16-6-2/h5,7H,6,8-11H2,1-4H3. The average molecular weight is 256 g/mol. The average Bonchev–Trinajstić information content (AvgIpc) is 2.34. The molecule has 0 aliphatic heterocycles. The number of esters is 1. The molecule has 0 radical (unpaired) electrons. The Morgan fingerprint density at radius 3 is 2.22 bits per heavy atom. The van der Waals surface area contributed by atoms with E-state index in [1.807, 2.05) is 33.8 Å². The molecule has 0 unspecified atom stereocenters. The summed E-state index contributed by atoms with van der Waals surface area (Å²) in [6.45, 7) is 10.0.